The molecule has 10 heteroatoms. The number of sulfonamides is 1. The van der Waals surface area contributed by atoms with Crippen LogP contribution in [0.4, 0.5) is 5.13 Å². The average Bonchev–Trinajstić information content (AvgIpc) is 2.75. The Kier molecular flexibility index (Phi) is 4.33. The van der Waals surface area contributed by atoms with Crippen LogP contribution in [0.15, 0.2) is 4.34 Å². The zero-order chi connectivity index (χ0) is 13.9. The fourth-order valence-corrected chi connectivity index (χ4v) is 3.32. The summed E-state index contributed by atoms with van der Waals surface area (Å²) < 4.78 is 24.6. The number of hydrogen-bond acceptors (Lipinski definition) is 7. The van der Waals surface area contributed by atoms with Crippen molar-refractivity contribution in [3.63, 3.8) is 0 Å². The van der Waals surface area contributed by atoms with Crippen molar-refractivity contribution < 1.29 is 13.2 Å². The van der Waals surface area contributed by atoms with Gasteiger partial charge in [0.2, 0.25) is 15.4 Å². The maximum atomic E-state index is 12.0. The van der Waals surface area contributed by atoms with E-state index in [1.807, 2.05) is 6.07 Å². The Balaban J connectivity index is 3.03. The second kappa shape index (κ2) is 5.38. The number of rotatable bonds is 4. The van der Waals surface area contributed by atoms with Gasteiger partial charge in [0.25, 0.3) is 10.0 Å². The number of carbonyl (C=O) groups is 1. The molecule has 0 radical (unpaired) electrons. The van der Waals surface area contributed by atoms with Crippen molar-refractivity contribution in [2.24, 2.45) is 0 Å². The molecule has 98 valence electrons. The first-order valence-electron chi connectivity index (χ1n) is 4.77. The number of nitrogens with one attached hydrogen (secondary N) is 1. The molecule has 1 heterocycles. The van der Waals surface area contributed by atoms with Crippen molar-refractivity contribution >= 4 is 32.4 Å². The molecule has 1 unspecified atom stereocenters. The van der Waals surface area contributed by atoms with Crippen molar-refractivity contribution in [2.45, 2.75) is 24.2 Å². The number of carbonyl (C=O) groups excluding carboxylic acids is 1. The third-order valence-electron chi connectivity index (χ3n) is 2.02. The summed E-state index contributed by atoms with van der Waals surface area (Å²) in [5.74, 6) is -0.367. The van der Waals surface area contributed by atoms with Gasteiger partial charge in [-0.15, -0.1) is 10.2 Å². The van der Waals surface area contributed by atoms with Crippen LogP contribution in [0.25, 0.3) is 0 Å². The molecule has 0 aliphatic carbocycles. The van der Waals surface area contributed by atoms with Crippen LogP contribution >= 0.6 is 11.3 Å². The van der Waals surface area contributed by atoms with Crippen molar-refractivity contribution in [1.29, 1.82) is 5.26 Å². The van der Waals surface area contributed by atoms with E-state index in [9.17, 15) is 13.2 Å². The molecule has 1 aromatic heterocycles. The van der Waals surface area contributed by atoms with Gasteiger partial charge in [0, 0.05) is 14.0 Å². The van der Waals surface area contributed by atoms with Gasteiger partial charge in [-0.1, -0.05) is 11.3 Å². The third-order valence-corrected chi connectivity index (χ3v) is 5.13. The van der Waals surface area contributed by atoms with Gasteiger partial charge in [-0.3, -0.25) is 4.79 Å². The van der Waals surface area contributed by atoms with E-state index >= 15 is 0 Å². The maximum absolute atomic E-state index is 12.0. The van der Waals surface area contributed by atoms with Gasteiger partial charge in [-0.25, -0.2) is 8.42 Å². The van der Waals surface area contributed by atoms with Crippen LogP contribution in [0.5, 0.6) is 0 Å². The van der Waals surface area contributed by atoms with Crippen LogP contribution in [0.1, 0.15) is 13.8 Å². The van der Waals surface area contributed by atoms with E-state index in [0.717, 1.165) is 15.6 Å². The van der Waals surface area contributed by atoms with Crippen molar-refractivity contribution in [3.8, 4) is 6.07 Å². The van der Waals surface area contributed by atoms with Crippen molar-refractivity contribution in [2.75, 3.05) is 12.4 Å². The minimum Gasteiger partial charge on any atom is -0.301 e. The second-order valence-electron chi connectivity index (χ2n) is 3.38. The van der Waals surface area contributed by atoms with Gasteiger partial charge in [0.1, 0.15) is 6.04 Å². The van der Waals surface area contributed by atoms with Gasteiger partial charge in [-0.2, -0.15) is 9.57 Å². The lowest BCUT2D eigenvalue weighted by Gasteiger charge is -2.16. The predicted octanol–water partition coefficient (Wildman–Crippen LogP) is 0.0291. The molecule has 1 aromatic rings. The van der Waals surface area contributed by atoms with Crippen LogP contribution in [-0.2, 0) is 14.8 Å². The normalized spacial score (nSPS) is 13.1. The Labute approximate surface area is 108 Å². The molecule has 0 bridgehead atoms. The molecule has 0 spiro atoms. The van der Waals surface area contributed by atoms with E-state index in [0.29, 0.717) is 0 Å². The fourth-order valence-electron chi connectivity index (χ4n) is 0.928. The first-order valence-corrected chi connectivity index (χ1v) is 7.03. The summed E-state index contributed by atoms with van der Waals surface area (Å²) in [6.45, 7) is 2.73. The van der Waals surface area contributed by atoms with Gasteiger partial charge in [0.05, 0.1) is 6.07 Å². The van der Waals surface area contributed by atoms with Crippen LogP contribution in [0.2, 0.25) is 0 Å². The molecule has 1 amide bonds. The highest BCUT2D eigenvalue weighted by Crippen LogP contribution is 2.23. The minimum atomic E-state index is -3.86. The zero-order valence-electron chi connectivity index (χ0n) is 9.91. The molecule has 0 aliphatic rings. The average molecular weight is 289 g/mol. The summed E-state index contributed by atoms with van der Waals surface area (Å²) >= 11 is 0.731. The number of nitrogens with zero attached hydrogens (tertiary/aromatic N) is 4. The van der Waals surface area contributed by atoms with E-state index in [1.165, 1.54) is 20.9 Å². The number of aromatic nitrogens is 2. The van der Waals surface area contributed by atoms with Gasteiger partial charge >= 0.3 is 0 Å². The smallest absolute Gasteiger partial charge is 0.273 e. The largest absolute Gasteiger partial charge is 0.301 e. The summed E-state index contributed by atoms with van der Waals surface area (Å²) in [6, 6.07) is 0.996. The molecule has 1 N–H and O–H groups in total. The summed E-state index contributed by atoms with van der Waals surface area (Å²) in [4.78, 5) is 10.8. The van der Waals surface area contributed by atoms with Crippen LogP contribution in [0.3, 0.4) is 0 Å². The molecule has 0 saturated heterocycles. The Morgan fingerprint density at radius 3 is 2.67 bits per heavy atom. The van der Waals surface area contributed by atoms with E-state index in [-0.39, 0.29) is 15.4 Å². The summed E-state index contributed by atoms with van der Waals surface area (Å²) in [6.07, 6.45) is 0. The second-order valence-corrected chi connectivity index (χ2v) is 6.53. The molecule has 18 heavy (non-hydrogen) atoms. The molecule has 8 nitrogen and oxygen atoms in total. The number of nitriles is 1. The highest BCUT2D eigenvalue weighted by molar-refractivity contribution is 7.91. The van der Waals surface area contributed by atoms with Crippen LogP contribution < -0.4 is 5.32 Å². The number of amides is 1. The van der Waals surface area contributed by atoms with Crippen molar-refractivity contribution in [1.82, 2.24) is 14.5 Å². The van der Waals surface area contributed by atoms with Gasteiger partial charge in [-0.05, 0) is 6.92 Å². The van der Waals surface area contributed by atoms with Crippen LogP contribution in [-0.4, -0.2) is 41.9 Å². The van der Waals surface area contributed by atoms with Crippen molar-refractivity contribution in [3.05, 3.63) is 0 Å². The predicted molar refractivity (Wildman–Crippen MR) is 64.2 cm³/mol. The molecule has 0 aromatic carbocycles. The molecule has 0 aliphatic heterocycles. The molecule has 1 atom stereocenters. The molecule has 0 fully saturated rings. The lowest BCUT2D eigenvalue weighted by atomic mass is 10.4. The number of anilines is 1. The summed E-state index contributed by atoms with van der Waals surface area (Å²) in [5, 5.41) is 18.2. The Bertz CT molecular complexity index is 588. The first-order chi connectivity index (χ1) is 8.28. The van der Waals surface area contributed by atoms with Gasteiger partial charge in [0.15, 0.2) is 0 Å². The fraction of sp³-hybridized carbons (Fsp3) is 0.500. The standard InChI is InChI=1S/C8H11N5O3S2/c1-5(4-9)13(3)18(15,16)8-12-11-7(17-8)10-6(2)14/h5H,1-3H3,(H,10,11,14). The Morgan fingerprint density at radius 1 is 1.56 bits per heavy atom. The van der Waals surface area contributed by atoms with Crippen LogP contribution in [0, 0.1) is 11.3 Å². The van der Waals surface area contributed by atoms with Gasteiger partial charge < -0.3 is 5.32 Å². The summed E-state index contributed by atoms with van der Waals surface area (Å²) in [7, 11) is -2.58. The minimum absolute atomic E-state index is 0.0964. The highest BCUT2D eigenvalue weighted by Gasteiger charge is 2.29. The highest BCUT2D eigenvalue weighted by atomic mass is 32.2. The molecular formula is C8H11N5O3S2. The van der Waals surface area contributed by atoms with E-state index in [1.54, 1.807) is 0 Å². The number of hydrogen-bond donors (Lipinski definition) is 1. The van der Waals surface area contributed by atoms with E-state index in [2.05, 4.69) is 15.5 Å². The molecular weight excluding hydrogens is 278 g/mol. The van der Waals surface area contributed by atoms with E-state index in [4.69, 9.17) is 5.26 Å². The molecule has 0 saturated carbocycles. The topological polar surface area (TPSA) is 116 Å². The lowest BCUT2D eigenvalue weighted by Crippen LogP contribution is -2.34. The lowest BCUT2D eigenvalue weighted by molar-refractivity contribution is -0.114. The quantitative estimate of drug-likeness (QED) is 0.782. The Hall–Kier alpha value is -1.57. The Morgan fingerprint density at radius 2 is 2.17 bits per heavy atom. The molecule has 1 rings (SSSR count). The first kappa shape index (κ1) is 14.5. The zero-order valence-corrected chi connectivity index (χ0v) is 11.5. The SMILES string of the molecule is CC(=O)Nc1nnc(S(=O)(=O)N(C)C(C)C#N)s1. The maximum Gasteiger partial charge on any atom is 0.273 e. The summed E-state index contributed by atoms with van der Waals surface area (Å²) in [5.41, 5.74) is 0. The monoisotopic (exact) mass is 289 g/mol. The third kappa shape index (κ3) is 3.00. The van der Waals surface area contributed by atoms with E-state index < -0.39 is 16.1 Å².